The van der Waals surface area contributed by atoms with Crippen LogP contribution in [0.15, 0.2) is 29.1 Å². The van der Waals surface area contributed by atoms with Gasteiger partial charge >= 0.3 is 0 Å². The van der Waals surface area contributed by atoms with Crippen LogP contribution in [0.4, 0.5) is 0 Å². The highest BCUT2D eigenvalue weighted by Gasteiger charge is 2.20. The first-order valence-electron chi connectivity index (χ1n) is 6.55. The lowest BCUT2D eigenvalue weighted by atomic mass is 10.1. The minimum absolute atomic E-state index is 0. The standard InChI is InChI=1S/C15H17NOS.ClH/c1-2-8-16-9-7-14-12(10-16)15(17)11-5-3-4-6-13(11)18-14;/h3-6H,2,7-10H2,1H3;1H. The second-order valence-electron chi connectivity index (χ2n) is 4.86. The molecule has 0 amide bonds. The van der Waals surface area contributed by atoms with Gasteiger partial charge in [0.15, 0.2) is 5.43 Å². The van der Waals surface area contributed by atoms with Crippen LogP contribution < -0.4 is 5.43 Å². The molecular weight excluding hydrogens is 278 g/mol. The van der Waals surface area contributed by atoms with Crippen molar-refractivity contribution in [1.82, 2.24) is 4.90 Å². The van der Waals surface area contributed by atoms with Crippen molar-refractivity contribution >= 4 is 33.8 Å². The molecule has 0 N–H and O–H groups in total. The van der Waals surface area contributed by atoms with Gasteiger partial charge in [0.25, 0.3) is 0 Å². The summed E-state index contributed by atoms with van der Waals surface area (Å²) in [7, 11) is 0. The molecule has 0 fully saturated rings. The summed E-state index contributed by atoms with van der Waals surface area (Å²) in [6.45, 7) is 5.21. The van der Waals surface area contributed by atoms with E-state index in [0.717, 1.165) is 48.1 Å². The first-order chi connectivity index (χ1) is 8.79. The van der Waals surface area contributed by atoms with Gasteiger partial charge in [-0.3, -0.25) is 9.69 Å². The van der Waals surface area contributed by atoms with Crippen LogP contribution in [0.3, 0.4) is 0 Å². The van der Waals surface area contributed by atoms with Crippen LogP contribution in [0.25, 0.3) is 10.1 Å². The first-order valence-corrected chi connectivity index (χ1v) is 7.37. The van der Waals surface area contributed by atoms with Crippen LogP contribution in [0.2, 0.25) is 0 Å². The average molecular weight is 296 g/mol. The minimum atomic E-state index is 0. The Balaban J connectivity index is 0.00000133. The molecule has 1 aromatic heterocycles. The van der Waals surface area contributed by atoms with Gasteiger partial charge in [0.2, 0.25) is 0 Å². The zero-order chi connectivity index (χ0) is 12.5. The Labute approximate surface area is 123 Å². The van der Waals surface area contributed by atoms with Gasteiger partial charge in [0, 0.05) is 33.6 Å². The van der Waals surface area contributed by atoms with Crippen molar-refractivity contribution in [1.29, 1.82) is 0 Å². The van der Waals surface area contributed by atoms with Gasteiger partial charge in [-0.1, -0.05) is 19.1 Å². The third-order valence-electron chi connectivity index (χ3n) is 3.55. The van der Waals surface area contributed by atoms with Crippen LogP contribution >= 0.6 is 23.7 Å². The molecule has 0 unspecified atom stereocenters. The van der Waals surface area contributed by atoms with Gasteiger partial charge in [-0.15, -0.1) is 23.7 Å². The highest BCUT2D eigenvalue weighted by Crippen LogP contribution is 2.26. The maximum absolute atomic E-state index is 12.5. The van der Waals surface area contributed by atoms with Gasteiger partial charge in [-0.25, -0.2) is 0 Å². The molecule has 2 aromatic rings. The van der Waals surface area contributed by atoms with E-state index >= 15 is 0 Å². The van der Waals surface area contributed by atoms with E-state index in [9.17, 15) is 4.79 Å². The molecule has 0 radical (unpaired) electrons. The Kier molecular flexibility index (Phi) is 4.61. The largest absolute Gasteiger partial charge is 0.299 e. The Morgan fingerprint density at radius 1 is 1.32 bits per heavy atom. The summed E-state index contributed by atoms with van der Waals surface area (Å²) >= 11 is 1.80. The van der Waals surface area contributed by atoms with Crippen molar-refractivity contribution in [3.05, 3.63) is 44.9 Å². The molecule has 0 bridgehead atoms. The number of halogens is 1. The highest BCUT2D eigenvalue weighted by molar-refractivity contribution is 7.18. The first kappa shape index (κ1) is 14.5. The van der Waals surface area contributed by atoms with Gasteiger partial charge < -0.3 is 0 Å². The molecule has 0 aliphatic carbocycles. The van der Waals surface area contributed by atoms with Crippen molar-refractivity contribution in [2.24, 2.45) is 0 Å². The fourth-order valence-electron chi connectivity index (χ4n) is 2.66. The van der Waals surface area contributed by atoms with E-state index in [1.165, 1.54) is 4.88 Å². The highest BCUT2D eigenvalue weighted by atomic mass is 35.5. The summed E-state index contributed by atoms with van der Waals surface area (Å²) in [5, 5.41) is 0.889. The van der Waals surface area contributed by atoms with Crippen LogP contribution in [0, 0.1) is 0 Å². The summed E-state index contributed by atoms with van der Waals surface area (Å²) in [5.74, 6) is 0. The Hall–Kier alpha value is -0.900. The molecule has 0 saturated carbocycles. The van der Waals surface area contributed by atoms with Gasteiger partial charge in [0.1, 0.15) is 0 Å². The molecule has 2 heterocycles. The number of hydrogen-bond acceptors (Lipinski definition) is 3. The smallest absolute Gasteiger partial charge is 0.192 e. The van der Waals surface area contributed by atoms with Crippen molar-refractivity contribution in [3.8, 4) is 0 Å². The monoisotopic (exact) mass is 295 g/mol. The van der Waals surface area contributed by atoms with Gasteiger partial charge in [-0.05, 0) is 31.5 Å². The lowest BCUT2D eigenvalue weighted by Crippen LogP contribution is -2.34. The zero-order valence-corrected chi connectivity index (χ0v) is 12.6. The topological polar surface area (TPSA) is 20.3 Å². The molecule has 0 atom stereocenters. The summed E-state index contributed by atoms with van der Waals surface area (Å²) in [6.07, 6.45) is 2.18. The van der Waals surface area contributed by atoms with E-state index in [1.54, 1.807) is 11.3 Å². The molecule has 102 valence electrons. The van der Waals surface area contributed by atoms with E-state index in [1.807, 2.05) is 18.2 Å². The molecule has 3 rings (SSSR count). The number of benzene rings is 1. The Morgan fingerprint density at radius 2 is 2.11 bits per heavy atom. The molecule has 2 nitrogen and oxygen atoms in total. The zero-order valence-electron chi connectivity index (χ0n) is 11.0. The molecular formula is C15H18ClNOS. The van der Waals surface area contributed by atoms with Crippen LogP contribution in [-0.2, 0) is 13.0 Å². The van der Waals surface area contributed by atoms with Crippen LogP contribution in [0.5, 0.6) is 0 Å². The molecule has 0 saturated heterocycles. The number of fused-ring (bicyclic) bond motifs is 2. The fraction of sp³-hybridized carbons (Fsp3) is 0.400. The predicted octanol–water partition coefficient (Wildman–Crippen LogP) is 3.45. The molecule has 19 heavy (non-hydrogen) atoms. The van der Waals surface area contributed by atoms with Gasteiger partial charge in [0.05, 0.1) is 0 Å². The third kappa shape index (κ3) is 2.69. The average Bonchev–Trinajstić information content (AvgIpc) is 2.40. The maximum Gasteiger partial charge on any atom is 0.192 e. The summed E-state index contributed by atoms with van der Waals surface area (Å²) in [4.78, 5) is 16.2. The Bertz CT molecular complexity index is 638. The second kappa shape index (κ2) is 6.04. The Morgan fingerprint density at radius 3 is 2.89 bits per heavy atom. The third-order valence-corrected chi connectivity index (χ3v) is 4.83. The SMILES string of the molecule is CCCN1CCc2sc3ccccc3c(=O)c2C1.Cl. The summed E-state index contributed by atoms with van der Waals surface area (Å²) in [5.41, 5.74) is 1.29. The lowest BCUT2D eigenvalue weighted by molar-refractivity contribution is 0.255. The lowest BCUT2D eigenvalue weighted by Gasteiger charge is -2.27. The fourth-order valence-corrected chi connectivity index (χ4v) is 3.81. The van der Waals surface area contributed by atoms with E-state index in [-0.39, 0.29) is 17.8 Å². The molecule has 1 aliphatic heterocycles. The molecule has 0 spiro atoms. The number of nitrogens with zero attached hydrogens (tertiary/aromatic N) is 1. The van der Waals surface area contributed by atoms with Crippen molar-refractivity contribution in [2.45, 2.75) is 26.3 Å². The van der Waals surface area contributed by atoms with Crippen LogP contribution in [-0.4, -0.2) is 18.0 Å². The normalized spacial score (nSPS) is 15.0. The van der Waals surface area contributed by atoms with Crippen LogP contribution in [0.1, 0.15) is 23.8 Å². The maximum atomic E-state index is 12.5. The van der Waals surface area contributed by atoms with Crippen molar-refractivity contribution in [3.63, 3.8) is 0 Å². The number of hydrogen-bond donors (Lipinski definition) is 0. The van der Waals surface area contributed by atoms with Crippen molar-refractivity contribution < 1.29 is 0 Å². The second-order valence-corrected chi connectivity index (χ2v) is 5.99. The number of rotatable bonds is 2. The molecule has 1 aromatic carbocycles. The van der Waals surface area contributed by atoms with E-state index in [2.05, 4.69) is 17.9 Å². The van der Waals surface area contributed by atoms with E-state index in [4.69, 9.17) is 0 Å². The predicted molar refractivity (Wildman–Crippen MR) is 84.6 cm³/mol. The van der Waals surface area contributed by atoms with E-state index < -0.39 is 0 Å². The minimum Gasteiger partial charge on any atom is -0.299 e. The molecule has 1 aliphatic rings. The molecule has 4 heteroatoms. The van der Waals surface area contributed by atoms with Crippen molar-refractivity contribution in [2.75, 3.05) is 13.1 Å². The summed E-state index contributed by atoms with van der Waals surface area (Å²) in [6, 6.07) is 7.97. The quantitative estimate of drug-likeness (QED) is 0.846. The van der Waals surface area contributed by atoms with E-state index in [0.29, 0.717) is 0 Å². The van der Waals surface area contributed by atoms with Gasteiger partial charge in [-0.2, -0.15) is 0 Å². The summed E-state index contributed by atoms with van der Waals surface area (Å²) < 4.78 is 1.13.